The summed E-state index contributed by atoms with van der Waals surface area (Å²) >= 11 is 11.2. The van der Waals surface area contributed by atoms with E-state index in [-0.39, 0.29) is 6.10 Å². The van der Waals surface area contributed by atoms with Gasteiger partial charge in [-0.15, -0.1) is 0 Å². The van der Waals surface area contributed by atoms with Crippen molar-refractivity contribution in [3.8, 4) is 0 Å². The maximum Gasteiger partial charge on any atom is 0.0884 e. The van der Waals surface area contributed by atoms with Crippen LogP contribution < -0.4 is 10.0 Å². The zero-order chi connectivity index (χ0) is 16.9. The quantitative estimate of drug-likeness (QED) is 0.740. The minimum Gasteiger partial charge on any atom is -0.377 e. The summed E-state index contributed by atoms with van der Waals surface area (Å²) in [5.41, 5.74) is 0. The Morgan fingerprint density at radius 1 is 1.35 bits per heavy atom. The highest BCUT2D eigenvalue weighted by atomic mass is 35.5. The Morgan fingerprint density at radius 2 is 2.04 bits per heavy atom. The number of ether oxygens (including phenoxy) is 2. The third-order valence-corrected chi connectivity index (χ3v) is 4.32. The van der Waals surface area contributed by atoms with Gasteiger partial charge in [0.05, 0.1) is 47.0 Å². The normalized spacial score (nSPS) is 19.3. The van der Waals surface area contributed by atoms with Crippen LogP contribution >= 0.6 is 23.2 Å². The third kappa shape index (κ3) is 11.1. The van der Waals surface area contributed by atoms with E-state index in [9.17, 15) is 4.21 Å². The minimum atomic E-state index is -0.948. The molecular formula is C15H24Cl2N2O3S. The minimum absolute atomic E-state index is 0.201. The van der Waals surface area contributed by atoms with Gasteiger partial charge in [-0.05, 0) is 25.1 Å². The first-order valence-electron chi connectivity index (χ1n) is 7.46. The Bertz CT molecular complexity index is 437. The second kappa shape index (κ2) is 13.1. The molecule has 8 heteroatoms. The highest BCUT2D eigenvalue weighted by molar-refractivity contribution is 7.82. The van der Waals surface area contributed by atoms with Gasteiger partial charge >= 0.3 is 0 Å². The van der Waals surface area contributed by atoms with Gasteiger partial charge in [0.2, 0.25) is 0 Å². The molecule has 2 atom stereocenters. The van der Waals surface area contributed by atoms with Crippen molar-refractivity contribution in [2.75, 3.05) is 45.7 Å². The molecule has 1 heterocycles. The molecule has 0 saturated carbocycles. The molecule has 1 aromatic rings. The predicted octanol–water partition coefficient (Wildman–Crippen LogP) is 2.26. The van der Waals surface area contributed by atoms with E-state index in [1.54, 1.807) is 18.4 Å². The molecule has 0 aliphatic carbocycles. The molecule has 2 unspecified atom stereocenters. The lowest BCUT2D eigenvalue weighted by Gasteiger charge is -2.14. The van der Waals surface area contributed by atoms with Crippen molar-refractivity contribution >= 4 is 34.2 Å². The fourth-order valence-corrected chi connectivity index (χ4v) is 2.45. The SMILES string of the molecule is CS(=O)NCCOCC1CCNCCO1.Clc1ccccc1Cl. The van der Waals surface area contributed by atoms with Gasteiger partial charge in [0.25, 0.3) is 0 Å². The van der Waals surface area contributed by atoms with Crippen LogP contribution in [0.1, 0.15) is 6.42 Å². The van der Waals surface area contributed by atoms with Crippen LogP contribution in [0, 0.1) is 0 Å². The van der Waals surface area contributed by atoms with Gasteiger partial charge in [-0.3, -0.25) is 0 Å². The van der Waals surface area contributed by atoms with E-state index < -0.39 is 11.0 Å². The molecule has 1 saturated heterocycles. The van der Waals surface area contributed by atoms with Gasteiger partial charge in [-0.2, -0.15) is 0 Å². The molecule has 2 N–H and O–H groups in total. The summed E-state index contributed by atoms with van der Waals surface area (Å²) in [7, 11) is -0.948. The van der Waals surface area contributed by atoms with Crippen molar-refractivity contribution in [3.63, 3.8) is 0 Å². The zero-order valence-electron chi connectivity index (χ0n) is 13.2. The third-order valence-electron chi connectivity index (χ3n) is 2.96. The molecule has 1 aliphatic heterocycles. The summed E-state index contributed by atoms with van der Waals surface area (Å²) in [5, 5.41) is 4.47. The number of nitrogens with one attached hydrogen (secondary N) is 2. The highest BCUT2D eigenvalue weighted by Crippen LogP contribution is 2.19. The second-order valence-electron chi connectivity index (χ2n) is 4.87. The summed E-state index contributed by atoms with van der Waals surface area (Å²) in [6.07, 6.45) is 2.81. The molecule has 0 radical (unpaired) electrons. The smallest absolute Gasteiger partial charge is 0.0884 e. The van der Waals surface area contributed by atoms with Crippen molar-refractivity contribution in [2.24, 2.45) is 0 Å². The summed E-state index contributed by atoms with van der Waals surface area (Å²) in [6, 6.07) is 7.19. The summed E-state index contributed by atoms with van der Waals surface area (Å²) in [4.78, 5) is 0. The zero-order valence-corrected chi connectivity index (χ0v) is 15.6. The van der Waals surface area contributed by atoms with Crippen molar-refractivity contribution in [1.82, 2.24) is 10.0 Å². The van der Waals surface area contributed by atoms with Gasteiger partial charge in [0.15, 0.2) is 0 Å². The second-order valence-corrected chi connectivity index (χ2v) is 6.88. The maximum absolute atomic E-state index is 10.7. The molecule has 0 spiro atoms. The molecule has 23 heavy (non-hydrogen) atoms. The van der Waals surface area contributed by atoms with E-state index in [1.807, 2.05) is 12.1 Å². The van der Waals surface area contributed by atoms with E-state index in [0.717, 1.165) is 26.1 Å². The highest BCUT2D eigenvalue weighted by Gasteiger charge is 2.11. The molecule has 1 aliphatic rings. The summed E-state index contributed by atoms with van der Waals surface area (Å²) in [6.45, 7) is 4.49. The van der Waals surface area contributed by atoms with E-state index in [4.69, 9.17) is 32.7 Å². The van der Waals surface area contributed by atoms with Gasteiger partial charge < -0.3 is 14.8 Å². The lowest BCUT2D eigenvalue weighted by Crippen LogP contribution is -2.25. The molecule has 0 aromatic heterocycles. The first kappa shape index (κ1) is 20.8. The Hall–Kier alpha value is -0.210. The monoisotopic (exact) mass is 382 g/mol. The fraction of sp³-hybridized carbons (Fsp3) is 0.600. The van der Waals surface area contributed by atoms with Crippen molar-refractivity contribution < 1.29 is 13.7 Å². The molecule has 1 fully saturated rings. The molecule has 2 rings (SSSR count). The van der Waals surface area contributed by atoms with E-state index in [1.165, 1.54) is 0 Å². The lowest BCUT2D eigenvalue weighted by atomic mass is 10.3. The molecule has 132 valence electrons. The van der Waals surface area contributed by atoms with Gasteiger partial charge in [0.1, 0.15) is 0 Å². The molecule has 5 nitrogen and oxygen atoms in total. The number of rotatable bonds is 6. The van der Waals surface area contributed by atoms with Crippen LogP contribution in [0.5, 0.6) is 0 Å². The van der Waals surface area contributed by atoms with Gasteiger partial charge in [-0.25, -0.2) is 8.93 Å². The molecule has 0 bridgehead atoms. The fourth-order valence-electron chi connectivity index (χ4n) is 1.81. The van der Waals surface area contributed by atoms with E-state index >= 15 is 0 Å². The predicted molar refractivity (Wildman–Crippen MR) is 96.6 cm³/mol. The average molecular weight is 383 g/mol. The van der Waals surface area contributed by atoms with Crippen LogP contribution in [0.25, 0.3) is 0 Å². The molecule has 0 amide bonds. The van der Waals surface area contributed by atoms with Crippen LogP contribution in [-0.4, -0.2) is 56.0 Å². The number of benzene rings is 1. The summed E-state index contributed by atoms with van der Waals surface area (Å²) < 4.78 is 24.4. The van der Waals surface area contributed by atoms with Crippen molar-refractivity contribution in [1.29, 1.82) is 0 Å². The van der Waals surface area contributed by atoms with Gasteiger partial charge in [0, 0.05) is 19.3 Å². The van der Waals surface area contributed by atoms with E-state index in [0.29, 0.717) is 29.8 Å². The molecule has 1 aromatic carbocycles. The van der Waals surface area contributed by atoms with Crippen LogP contribution in [0.3, 0.4) is 0 Å². The standard InChI is InChI=1S/C9H20N2O3S.C6H4Cl2/c1-15(12)11-5-6-13-8-9-2-3-10-4-7-14-9;7-5-3-1-2-4-6(5)8/h9-11H,2-8H2,1H3;1-4H. The van der Waals surface area contributed by atoms with Crippen LogP contribution in [0.15, 0.2) is 24.3 Å². The first-order chi connectivity index (χ1) is 11.1. The number of hydrogen-bond acceptors (Lipinski definition) is 4. The Balaban J connectivity index is 0.000000277. The van der Waals surface area contributed by atoms with Crippen molar-refractivity contribution in [3.05, 3.63) is 34.3 Å². The Morgan fingerprint density at radius 3 is 2.65 bits per heavy atom. The maximum atomic E-state index is 10.7. The largest absolute Gasteiger partial charge is 0.377 e. The first-order valence-corrected chi connectivity index (χ1v) is 9.78. The van der Waals surface area contributed by atoms with Crippen LogP contribution in [-0.2, 0) is 20.5 Å². The van der Waals surface area contributed by atoms with Crippen molar-refractivity contribution in [2.45, 2.75) is 12.5 Å². The van der Waals surface area contributed by atoms with Crippen LogP contribution in [0.2, 0.25) is 10.0 Å². The Kier molecular flexibility index (Phi) is 11.9. The Labute approximate surface area is 150 Å². The van der Waals surface area contributed by atoms with E-state index in [2.05, 4.69) is 10.0 Å². The summed E-state index contributed by atoms with van der Waals surface area (Å²) in [5.74, 6) is 0. The topological polar surface area (TPSA) is 59.6 Å². The number of halogens is 2. The number of hydrogen-bond donors (Lipinski definition) is 2. The average Bonchev–Trinajstić information content (AvgIpc) is 2.79. The lowest BCUT2D eigenvalue weighted by molar-refractivity contribution is -0.00838. The molecular weight excluding hydrogens is 359 g/mol. The van der Waals surface area contributed by atoms with Crippen LogP contribution in [0.4, 0.5) is 0 Å². The van der Waals surface area contributed by atoms with Gasteiger partial charge in [-0.1, -0.05) is 35.3 Å².